The summed E-state index contributed by atoms with van der Waals surface area (Å²) in [6, 6.07) is 0. The summed E-state index contributed by atoms with van der Waals surface area (Å²) < 4.78 is 2.17. The number of rotatable bonds is 6. The number of hydrogen-bond donors (Lipinski definition) is 1. The van der Waals surface area contributed by atoms with E-state index in [1.807, 2.05) is 19.3 Å². The van der Waals surface area contributed by atoms with E-state index in [1.165, 1.54) is 0 Å². The summed E-state index contributed by atoms with van der Waals surface area (Å²) >= 11 is 0. The van der Waals surface area contributed by atoms with Crippen LogP contribution in [-0.4, -0.2) is 22.6 Å². The Labute approximate surface area is 92.9 Å². The Kier molecular flexibility index (Phi) is 4.82. The zero-order valence-electron chi connectivity index (χ0n) is 10.3. The van der Waals surface area contributed by atoms with Crippen molar-refractivity contribution in [3.8, 4) is 0 Å². The summed E-state index contributed by atoms with van der Waals surface area (Å²) in [6.45, 7) is 12.0. The predicted octanol–water partition coefficient (Wildman–Crippen LogP) is 2.07. The monoisotopic (exact) mass is 209 g/mol. The van der Waals surface area contributed by atoms with Gasteiger partial charge in [0.15, 0.2) is 0 Å². The first kappa shape index (κ1) is 12.2. The van der Waals surface area contributed by atoms with Gasteiger partial charge in [-0.15, -0.1) is 0 Å². The van der Waals surface area contributed by atoms with Gasteiger partial charge < -0.3 is 9.88 Å². The number of imidazole rings is 1. The number of nitrogens with zero attached hydrogens (tertiary/aromatic N) is 2. The molecule has 1 aromatic rings. The third-order valence-corrected chi connectivity index (χ3v) is 3.06. The summed E-state index contributed by atoms with van der Waals surface area (Å²) in [5.41, 5.74) is 0. The highest BCUT2D eigenvalue weighted by atomic mass is 15.1. The lowest BCUT2D eigenvalue weighted by atomic mass is 9.98. The number of aromatic nitrogens is 2. The van der Waals surface area contributed by atoms with Crippen LogP contribution in [0.4, 0.5) is 0 Å². The van der Waals surface area contributed by atoms with Crippen molar-refractivity contribution in [1.82, 2.24) is 14.9 Å². The second-order valence-electron chi connectivity index (χ2n) is 4.59. The van der Waals surface area contributed by atoms with Crippen LogP contribution in [-0.2, 0) is 6.54 Å². The average Bonchev–Trinajstić information content (AvgIpc) is 2.58. The number of nitrogens with one attached hydrogen (secondary N) is 1. The van der Waals surface area contributed by atoms with E-state index < -0.39 is 0 Å². The minimum absolute atomic E-state index is 0.744. The van der Waals surface area contributed by atoms with Crippen molar-refractivity contribution in [1.29, 1.82) is 0 Å². The topological polar surface area (TPSA) is 29.9 Å². The maximum absolute atomic E-state index is 4.19. The van der Waals surface area contributed by atoms with Crippen LogP contribution >= 0.6 is 0 Å². The summed E-state index contributed by atoms with van der Waals surface area (Å²) in [4.78, 5) is 4.19. The van der Waals surface area contributed by atoms with Crippen LogP contribution in [0.3, 0.4) is 0 Å². The van der Waals surface area contributed by atoms with Crippen LogP contribution in [0.2, 0.25) is 0 Å². The van der Waals surface area contributed by atoms with E-state index >= 15 is 0 Å². The Morgan fingerprint density at radius 3 is 2.67 bits per heavy atom. The molecule has 1 N–H and O–H groups in total. The maximum atomic E-state index is 4.19. The van der Waals surface area contributed by atoms with Gasteiger partial charge in [0.05, 0.1) is 0 Å². The Morgan fingerprint density at radius 1 is 1.40 bits per heavy atom. The van der Waals surface area contributed by atoms with Gasteiger partial charge in [-0.2, -0.15) is 0 Å². The first-order valence-corrected chi connectivity index (χ1v) is 5.79. The standard InChI is InChI=1S/C12H23N3/c1-10(2)11(3)9-13-5-7-15-8-6-14-12(15)4/h6,8,10-11,13H,5,7,9H2,1-4H3. The highest BCUT2D eigenvalue weighted by Gasteiger charge is 2.05. The quantitative estimate of drug-likeness (QED) is 0.727. The Bertz CT molecular complexity index is 278. The van der Waals surface area contributed by atoms with E-state index in [9.17, 15) is 0 Å². The number of aryl methyl sites for hydroxylation is 1. The molecule has 0 fully saturated rings. The van der Waals surface area contributed by atoms with E-state index in [0.29, 0.717) is 0 Å². The molecule has 1 heterocycles. The molecule has 0 aliphatic carbocycles. The fourth-order valence-electron chi connectivity index (χ4n) is 1.40. The first-order chi connectivity index (χ1) is 7.11. The molecule has 0 saturated carbocycles. The molecule has 0 aliphatic heterocycles. The highest BCUT2D eigenvalue weighted by Crippen LogP contribution is 2.07. The fourth-order valence-corrected chi connectivity index (χ4v) is 1.40. The molecule has 3 heteroatoms. The first-order valence-electron chi connectivity index (χ1n) is 5.79. The second-order valence-corrected chi connectivity index (χ2v) is 4.59. The average molecular weight is 209 g/mol. The van der Waals surface area contributed by atoms with E-state index in [1.54, 1.807) is 0 Å². The van der Waals surface area contributed by atoms with Crippen LogP contribution in [0, 0.1) is 18.8 Å². The normalized spacial score (nSPS) is 13.4. The smallest absolute Gasteiger partial charge is 0.105 e. The Hall–Kier alpha value is -0.830. The van der Waals surface area contributed by atoms with Gasteiger partial charge >= 0.3 is 0 Å². The molecular formula is C12H23N3. The summed E-state index contributed by atoms with van der Waals surface area (Å²) in [5, 5.41) is 3.48. The lowest BCUT2D eigenvalue weighted by Crippen LogP contribution is -2.27. The lowest BCUT2D eigenvalue weighted by molar-refractivity contribution is 0.389. The van der Waals surface area contributed by atoms with Gasteiger partial charge in [-0.3, -0.25) is 0 Å². The van der Waals surface area contributed by atoms with E-state index in [2.05, 4.69) is 35.6 Å². The molecule has 0 amide bonds. The molecule has 0 bridgehead atoms. The zero-order valence-corrected chi connectivity index (χ0v) is 10.3. The van der Waals surface area contributed by atoms with Crippen LogP contribution in [0.15, 0.2) is 12.4 Å². The van der Waals surface area contributed by atoms with Crippen LogP contribution in [0.5, 0.6) is 0 Å². The minimum Gasteiger partial charge on any atom is -0.334 e. The maximum Gasteiger partial charge on any atom is 0.105 e. The molecule has 1 aromatic heterocycles. The van der Waals surface area contributed by atoms with Crippen LogP contribution < -0.4 is 5.32 Å². The van der Waals surface area contributed by atoms with Gasteiger partial charge in [0.25, 0.3) is 0 Å². The Morgan fingerprint density at radius 2 is 2.13 bits per heavy atom. The zero-order chi connectivity index (χ0) is 11.3. The third-order valence-electron chi connectivity index (χ3n) is 3.06. The highest BCUT2D eigenvalue weighted by molar-refractivity contribution is 4.88. The number of hydrogen-bond acceptors (Lipinski definition) is 2. The molecule has 3 nitrogen and oxygen atoms in total. The van der Waals surface area contributed by atoms with Crippen molar-refractivity contribution < 1.29 is 0 Å². The van der Waals surface area contributed by atoms with Crippen molar-refractivity contribution in [3.05, 3.63) is 18.2 Å². The molecule has 0 saturated heterocycles. The van der Waals surface area contributed by atoms with Gasteiger partial charge in [-0.25, -0.2) is 4.98 Å². The molecule has 1 rings (SSSR count). The lowest BCUT2D eigenvalue weighted by Gasteiger charge is -2.16. The van der Waals surface area contributed by atoms with Gasteiger partial charge in [0.2, 0.25) is 0 Å². The molecule has 0 aromatic carbocycles. The van der Waals surface area contributed by atoms with Gasteiger partial charge in [-0.1, -0.05) is 20.8 Å². The van der Waals surface area contributed by atoms with E-state index in [0.717, 1.165) is 37.3 Å². The Balaban J connectivity index is 2.15. The van der Waals surface area contributed by atoms with Gasteiger partial charge in [-0.05, 0) is 25.3 Å². The van der Waals surface area contributed by atoms with Crippen molar-refractivity contribution in [2.75, 3.05) is 13.1 Å². The molecular weight excluding hydrogens is 186 g/mol. The van der Waals surface area contributed by atoms with Crippen molar-refractivity contribution in [3.63, 3.8) is 0 Å². The molecule has 1 unspecified atom stereocenters. The van der Waals surface area contributed by atoms with Gasteiger partial charge in [0, 0.05) is 25.5 Å². The van der Waals surface area contributed by atoms with Crippen molar-refractivity contribution in [2.24, 2.45) is 11.8 Å². The predicted molar refractivity (Wildman–Crippen MR) is 63.8 cm³/mol. The summed E-state index contributed by atoms with van der Waals surface area (Å²) in [7, 11) is 0. The van der Waals surface area contributed by atoms with Crippen molar-refractivity contribution in [2.45, 2.75) is 34.2 Å². The fraction of sp³-hybridized carbons (Fsp3) is 0.750. The molecule has 0 aliphatic rings. The SMILES string of the molecule is Cc1nccn1CCNCC(C)C(C)C. The van der Waals surface area contributed by atoms with Crippen LogP contribution in [0.1, 0.15) is 26.6 Å². The minimum atomic E-state index is 0.744. The molecule has 0 spiro atoms. The second kappa shape index (κ2) is 5.91. The molecule has 0 radical (unpaired) electrons. The molecule has 86 valence electrons. The van der Waals surface area contributed by atoms with E-state index in [-0.39, 0.29) is 0 Å². The molecule has 1 atom stereocenters. The van der Waals surface area contributed by atoms with E-state index in [4.69, 9.17) is 0 Å². The van der Waals surface area contributed by atoms with Crippen LogP contribution in [0.25, 0.3) is 0 Å². The molecule has 15 heavy (non-hydrogen) atoms. The largest absolute Gasteiger partial charge is 0.334 e. The summed E-state index contributed by atoms with van der Waals surface area (Å²) in [5.74, 6) is 2.59. The van der Waals surface area contributed by atoms with Crippen molar-refractivity contribution >= 4 is 0 Å². The summed E-state index contributed by atoms with van der Waals surface area (Å²) in [6.07, 6.45) is 3.88. The third kappa shape index (κ3) is 4.04. The van der Waals surface area contributed by atoms with Gasteiger partial charge in [0.1, 0.15) is 5.82 Å².